The van der Waals surface area contributed by atoms with Crippen molar-refractivity contribution in [2.75, 3.05) is 0 Å². The molecule has 0 saturated heterocycles. The number of Topliss-reactive ketones (excluding diaryl/α,β-unsaturated/α-hetero) is 2. The molecule has 0 heterocycles. The van der Waals surface area contributed by atoms with Crippen LogP contribution in [0.4, 0.5) is 0 Å². The van der Waals surface area contributed by atoms with E-state index in [1.807, 2.05) is 0 Å². The summed E-state index contributed by atoms with van der Waals surface area (Å²) in [7, 11) is 0. The maximum absolute atomic E-state index is 12.5. The fourth-order valence-corrected chi connectivity index (χ4v) is 4.56. The molecular weight excluding hydrogens is 464 g/mol. The Labute approximate surface area is 236 Å². The van der Waals surface area contributed by atoms with Crippen molar-refractivity contribution in [3.8, 4) is 0 Å². The van der Waals surface area contributed by atoms with E-state index in [2.05, 4.69) is 91.8 Å². The standard InChI is InChI=1S/C36H58O2/c1-27(2)15-11-17-29(5)19-13-21-31(7)23-25-35(33(9)37)36(34(10)38)26-24-32(8)22-14-20-30(6)18-12-16-28(3)4/h15-16,19-20,23-24,35-36H,11-14,17-18,21-22,25-26H2,1-10H3. The van der Waals surface area contributed by atoms with Gasteiger partial charge in [-0.1, -0.05) is 69.9 Å². The Morgan fingerprint density at radius 3 is 0.947 bits per heavy atom. The van der Waals surface area contributed by atoms with Crippen molar-refractivity contribution in [2.45, 2.75) is 133 Å². The highest BCUT2D eigenvalue weighted by Crippen LogP contribution is 2.26. The second kappa shape index (κ2) is 20.7. The lowest BCUT2D eigenvalue weighted by Crippen LogP contribution is -2.26. The first-order valence-corrected chi connectivity index (χ1v) is 14.7. The maximum atomic E-state index is 12.5. The molecule has 0 fully saturated rings. The molecule has 0 aromatic heterocycles. The predicted octanol–water partition coefficient (Wildman–Crippen LogP) is 11.0. The van der Waals surface area contributed by atoms with Crippen LogP contribution in [0.3, 0.4) is 0 Å². The van der Waals surface area contributed by atoms with Gasteiger partial charge in [-0.3, -0.25) is 9.59 Å². The first-order valence-electron chi connectivity index (χ1n) is 14.7. The molecule has 0 aliphatic heterocycles. The van der Waals surface area contributed by atoms with Crippen LogP contribution in [0.15, 0.2) is 69.9 Å². The summed E-state index contributed by atoms with van der Waals surface area (Å²) < 4.78 is 0. The minimum atomic E-state index is -0.245. The monoisotopic (exact) mass is 522 g/mol. The van der Waals surface area contributed by atoms with E-state index in [-0.39, 0.29) is 23.4 Å². The number of carbonyl (C=O) groups excluding carboxylic acids is 2. The summed E-state index contributed by atoms with van der Waals surface area (Å²) >= 11 is 0. The Morgan fingerprint density at radius 2 is 0.684 bits per heavy atom. The zero-order valence-electron chi connectivity index (χ0n) is 26.5. The summed E-state index contributed by atoms with van der Waals surface area (Å²) in [6.45, 7) is 20.6. The average molecular weight is 523 g/mol. The smallest absolute Gasteiger partial charge is 0.133 e. The van der Waals surface area contributed by atoms with Crippen LogP contribution >= 0.6 is 0 Å². The lowest BCUT2D eigenvalue weighted by atomic mass is 9.81. The van der Waals surface area contributed by atoms with E-state index in [1.54, 1.807) is 13.8 Å². The van der Waals surface area contributed by atoms with Gasteiger partial charge in [0, 0.05) is 11.8 Å². The van der Waals surface area contributed by atoms with Crippen LogP contribution in [0.2, 0.25) is 0 Å². The van der Waals surface area contributed by atoms with Crippen LogP contribution in [0.25, 0.3) is 0 Å². The molecule has 0 amide bonds. The van der Waals surface area contributed by atoms with Crippen LogP contribution in [0.5, 0.6) is 0 Å². The largest absolute Gasteiger partial charge is 0.300 e. The average Bonchev–Trinajstić information content (AvgIpc) is 2.80. The predicted molar refractivity (Wildman–Crippen MR) is 168 cm³/mol. The quantitative estimate of drug-likeness (QED) is 0.158. The molecule has 0 aromatic rings. The number of allylic oxidation sites excluding steroid dienone is 12. The maximum Gasteiger partial charge on any atom is 0.133 e. The SMILES string of the molecule is CC(=O)C(CC=C(C)CCC=C(C)CCC=C(C)C)C(CC=C(C)CCC=C(C)CCC=C(C)C)C(C)=O. The molecule has 0 radical (unpaired) electrons. The van der Waals surface area contributed by atoms with Crippen molar-refractivity contribution in [3.05, 3.63) is 69.9 Å². The molecule has 2 unspecified atom stereocenters. The molecule has 0 rings (SSSR count). The first kappa shape index (κ1) is 35.8. The second-order valence-electron chi connectivity index (χ2n) is 11.8. The molecule has 214 valence electrons. The summed E-state index contributed by atoms with van der Waals surface area (Å²) in [5.41, 5.74) is 8.21. The van der Waals surface area contributed by atoms with Gasteiger partial charge in [-0.15, -0.1) is 0 Å². The van der Waals surface area contributed by atoms with E-state index in [0.29, 0.717) is 12.8 Å². The molecular formula is C36H58O2. The van der Waals surface area contributed by atoms with E-state index in [9.17, 15) is 9.59 Å². The van der Waals surface area contributed by atoms with Gasteiger partial charge in [-0.2, -0.15) is 0 Å². The van der Waals surface area contributed by atoms with Crippen LogP contribution < -0.4 is 0 Å². The third-order valence-electron chi connectivity index (χ3n) is 7.22. The lowest BCUT2D eigenvalue weighted by Gasteiger charge is -2.21. The van der Waals surface area contributed by atoms with E-state index >= 15 is 0 Å². The zero-order valence-corrected chi connectivity index (χ0v) is 26.5. The van der Waals surface area contributed by atoms with Gasteiger partial charge in [0.2, 0.25) is 0 Å². The van der Waals surface area contributed by atoms with Crippen molar-refractivity contribution in [1.29, 1.82) is 0 Å². The number of rotatable bonds is 19. The van der Waals surface area contributed by atoms with Gasteiger partial charge in [0.25, 0.3) is 0 Å². The number of hydrogen-bond donors (Lipinski definition) is 0. The fourth-order valence-electron chi connectivity index (χ4n) is 4.56. The van der Waals surface area contributed by atoms with E-state index in [1.165, 1.54) is 33.4 Å². The van der Waals surface area contributed by atoms with Crippen molar-refractivity contribution >= 4 is 11.6 Å². The molecule has 0 aromatic carbocycles. The highest BCUT2D eigenvalue weighted by molar-refractivity contribution is 5.87. The topological polar surface area (TPSA) is 34.1 Å². The van der Waals surface area contributed by atoms with Crippen molar-refractivity contribution in [2.24, 2.45) is 11.8 Å². The summed E-state index contributed by atoms with van der Waals surface area (Å²) in [5, 5.41) is 0. The molecule has 2 nitrogen and oxygen atoms in total. The minimum absolute atomic E-state index is 0.116. The number of hydrogen-bond acceptors (Lipinski definition) is 2. The summed E-state index contributed by atoms with van der Waals surface area (Å²) in [6.07, 6.45) is 23.4. The molecule has 0 saturated carbocycles. The van der Waals surface area contributed by atoms with Gasteiger partial charge >= 0.3 is 0 Å². The number of carbonyl (C=O) groups is 2. The molecule has 0 aliphatic carbocycles. The van der Waals surface area contributed by atoms with E-state index in [0.717, 1.165) is 51.4 Å². The fraction of sp³-hybridized carbons (Fsp3) is 0.611. The summed E-state index contributed by atoms with van der Waals surface area (Å²) in [6, 6.07) is 0. The van der Waals surface area contributed by atoms with Crippen molar-refractivity contribution in [3.63, 3.8) is 0 Å². The normalized spacial score (nSPS) is 14.7. The van der Waals surface area contributed by atoms with Crippen LogP contribution in [-0.4, -0.2) is 11.6 Å². The molecule has 0 spiro atoms. The zero-order chi connectivity index (χ0) is 29.1. The Bertz CT molecular complexity index is 833. The Kier molecular flexibility index (Phi) is 19.5. The third-order valence-corrected chi connectivity index (χ3v) is 7.22. The summed E-state index contributed by atoms with van der Waals surface area (Å²) in [5.74, 6) is -0.259. The van der Waals surface area contributed by atoms with Crippen LogP contribution in [-0.2, 0) is 9.59 Å². The Hall–Kier alpha value is -2.22. The molecule has 2 atom stereocenters. The van der Waals surface area contributed by atoms with E-state index < -0.39 is 0 Å². The second-order valence-corrected chi connectivity index (χ2v) is 11.8. The van der Waals surface area contributed by atoms with Crippen LogP contribution in [0, 0.1) is 11.8 Å². The summed E-state index contributed by atoms with van der Waals surface area (Å²) in [4.78, 5) is 25.1. The van der Waals surface area contributed by atoms with Gasteiger partial charge in [-0.25, -0.2) is 0 Å². The minimum Gasteiger partial charge on any atom is -0.300 e. The Balaban J connectivity index is 4.96. The lowest BCUT2D eigenvalue weighted by molar-refractivity contribution is -0.130. The van der Waals surface area contributed by atoms with Gasteiger partial charge in [-0.05, 0) is 133 Å². The van der Waals surface area contributed by atoms with E-state index in [4.69, 9.17) is 0 Å². The van der Waals surface area contributed by atoms with Crippen molar-refractivity contribution in [1.82, 2.24) is 0 Å². The van der Waals surface area contributed by atoms with Crippen LogP contribution in [0.1, 0.15) is 133 Å². The number of ketones is 2. The highest BCUT2D eigenvalue weighted by atomic mass is 16.1. The highest BCUT2D eigenvalue weighted by Gasteiger charge is 2.27. The van der Waals surface area contributed by atoms with Gasteiger partial charge < -0.3 is 0 Å². The molecule has 38 heavy (non-hydrogen) atoms. The molecule has 0 bridgehead atoms. The molecule has 2 heteroatoms. The van der Waals surface area contributed by atoms with Crippen molar-refractivity contribution < 1.29 is 9.59 Å². The first-order chi connectivity index (χ1) is 17.8. The Morgan fingerprint density at radius 1 is 0.421 bits per heavy atom. The van der Waals surface area contributed by atoms with Gasteiger partial charge in [0.05, 0.1) is 0 Å². The molecule has 0 aliphatic rings. The van der Waals surface area contributed by atoms with Gasteiger partial charge in [0.1, 0.15) is 11.6 Å². The third kappa shape index (κ3) is 18.9. The van der Waals surface area contributed by atoms with Gasteiger partial charge in [0.15, 0.2) is 0 Å². The molecule has 0 N–H and O–H groups in total.